The van der Waals surface area contributed by atoms with Crippen LogP contribution < -0.4 is 10.3 Å². The van der Waals surface area contributed by atoms with E-state index in [0.717, 1.165) is 11.8 Å². The number of rotatable bonds is 6. The Kier molecular flexibility index (Phi) is 6.51. The largest absolute Gasteiger partial charge is 0.485 e. The van der Waals surface area contributed by atoms with E-state index in [0.29, 0.717) is 34.5 Å². The first-order valence-corrected chi connectivity index (χ1v) is 10.6. The molecule has 0 radical (unpaired) electrons. The summed E-state index contributed by atoms with van der Waals surface area (Å²) in [6.45, 7) is 6.96. The topological polar surface area (TPSA) is 69.9 Å². The van der Waals surface area contributed by atoms with Gasteiger partial charge in [0, 0.05) is 24.0 Å². The maximum Gasteiger partial charge on any atom is 0.277 e. The summed E-state index contributed by atoms with van der Waals surface area (Å²) in [7, 11) is 0. The van der Waals surface area contributed by atoms with Gasteiger partial charge in [0.05, 0.1) is 29.0 Å². The van der Waals surface area contributed by atoms with E-state index < -0.39 is 17.2 Å². The summed E-state index contributed by atoms with van der Waals surface area (Å²) < 4.78 is 33.9. The van der Waals surface area contributed by atoms with Crippen LogP contribution >= 0.6 is 11.6 Å². The standard InChI is InChI=1S/C25H19ClF2N4O2/c1-4-17-6-5-7-19(31-17)20-10-22(14(2)11-29-20)32-15(3)8-23(24(26)25(32)33)34-13-21-18(28)9-16(27)12-30-21/h4-12H,1,13H2,2-3H3. The molecule has 0 aliphatic heterocycles. The fourth-order valence-electron chi connectivity index (χ4n) is 3.38. The molecule has 4 aromatic rings. The summed E-state index contributed by atoms with van der Waals surface area (Å²) in [5, 5.41) is -0.183. The Hall–Kier alpha value is -3.91. The SMILES string of the molecule is C=Cc1cccc(-c2cc(-n3c(C)cc(OCc4ncc(F)cc4F)c(Cl)c3=O)c(C)cn2)n1. The van der Waals surface area contributed by atoms with Gasteiger partial charge >= 0.3 is 0 Å². The van der Waals surface area contributed by atoms with E-state index in [1.165, 1.54) is 4.57 Å². The first-order valence-electron chi connectivity index (χ1n) is 10.2. The van der Waals surface area contributed by atoms with Crippen molar-refractivity contribution in [3.8, 4) is 22.8 Å². The Morgan fingerprint density at radius 1 is 1.12 bits per heavy atom. The molecular formula is C25H19ClF2N4O2. The van der Waals surface area contributed by atoms with Crippen molar-refractivity contribution in [2.24, 2.45) is 0 Å². The predicted molar refractivity (Wildman–Crippen MR) is 126 cm³/mol. The van der Waals surface area contributed by atoms with Crippen LogP contribution in [-0.2, 0) is 6.61 Å². The number of pyridine rings is 4. The van der Waals surface area contributed by atoms with Gasteiger partial charge < -0.3 is 4.74 Å². The minimum atomic E-state index is -0.852. The second-order valence-electron chi connectivity index (χ2n) is 7.48. The minimum Gasteiger partial charge on any atom is -0.485 e. The minimum absolute atomic E-state index is 0.0678. The van der Waals surface area contributed by atoms with E-state index in [1.807, 2.05) is 25.1 Å². The van der Waals surface area contributed by atoms with E-state index >= 15 is 0 Å². The van der Waals surface area contributed by atoms with Crippen LogP contribution in [0.25, 0.3) is 23.2 Å². The highest BCUT2D eigenvalue weighted by atomic mass is 35.5. The van der Waals surface area contributed by atoms with Crippen molar-refractivity contribution in [1.29, 1.82) is 0 Å². The highest BCUT2D eigenvalue weighted by Crippen LogP contribution is 2.27. The lowest BCUT2D eigenvalue weighted by molar-refractivity contribution is 0.292. The van der Waals surface area contributed by atoms with Crippen molar-refractivity contribution in [3.63, 3.8) is 0 Å². The molecule has 9 heteroatoms. The highest BCUT2D eigenvalue weighted by Gasteiger charge is 2.17. The van der Waals surface area contributed by atoms with Crippen LogP contribution in [0.15, 0.2) is 60.2 Å². The number of aromatic nitrogens is 4. The summed E-state index contributed by atoms with van der Waals surface area (Å²) in [5.41, 5.74) is 3.14. The number of aryl methyl sites for hydroxylation is 2. The van der Waals surface area contributed by atoms with Crippen molar-refractivity contribution in [2.75, 3.05) is 0 Å². The monoisotopic (exact) mass is 480 g/mol. The Morgan fingerprint density at radius 3 is 2.65 bits per heavy atom. The second-order valence-corrected chi connectivity index (χ2v) is 7.86. The number of hydrogen-bond donors (Lipinski definition) is 0. The van der Waals surface area contributed by atoms with Gasteiger partial charge in [-0.3, -0.25) is 19.3 Å². The zero-order valence-corrected chi connectivity index (χ0v) is 19.1. The predicted octanol–water partition coefficient (Wildman–Crippen LogP) is 5.46. The Bertz CT molecular complexity index is 1470. The van der Waals surface area contributed by atoms with Gasteiger partial charge in [-0.1, -0.05) is 24.2 Å². The maximum atomic E-state index is 13.9. The molecule has 4 aromatic heterocycles. The number of halogens is 3. The van der Waals surface area contributed by atoms with E-state index in [4.69, 9.17) is 16.3 Å². The van der Waals surface area contributed by atoms with Crippen LogP contribution in [0, 0.1) is 25.5 Å². The summed E-state index contributed by atoms with van der Waals surface area (Å²) >= 11 is 6.33. The Labute approximate surface area is 199 Å². The lowest BCUT2D eigenvalue weighted by atomic mass is 10.1. The number of hydrogen-bond acceptors (Lipinski definition) is 5. The highest BCUT2D eigenvalue weighted by molar-refractivity contribution is 6.31. The first kappa shape index (κ1) is 23.3. The molecule has 4 heterocycles. The average Bonchev–Trinajstić information content (AvgIpc) is 2.82. The second kappa shape index (κ2) is 9.52. The summed E-state index contributed by atoms with van der Waals surface area (Å²) in [6.07, 6.45) is 4.18. The van der Waals surface area contributed by atoms with Gasteiger partial charge in [0.15, 0.2) is 5.82 Å². The molecule has 0 aliphatic rings. The molecule has 0 unspecified atom stereocenters. The molecule has 0 aromatic carbocycles. The zero-order valence-electron chi connectivity index (χ0n) is 18.3. The zero-order chi connectivity index (χ0) is 24.4. The molecule has 0 amide bonds. The van der Waals surface area contributed by atoms with Crippen molar-refractivity contribution < 1.29 is 13.5 Å². The molecule has 0 spiro atoms. The van der Waals surface area contributed by atoms with Crippen molar-refractivity contribution >= 4 is 17.7 Å². The first-order chi connectivity index (χ1) is 16.3. The molecule has 0 bridgehead atoms. The van der Waals surface area contributed by atoms with Crippen LogP contribution in [0.5, 0.6) is 5.75 Å². The molecule has 0 atom stereocenters. The van der Waals surface area contributed by atoms with Gasteiger partial charge in [-0.2, -0.15) is 0 Å². The molecular weight excluding hydrogens is 462 g/mol. The van der Waals surface area contributed by atoms with E-state index in [2.05, 4.69) is 21.5 Å². The van der Waals surface area contributed by atoms with Crippen molar-refractivity contribution in [1.82, 2.24) is 19.5 Å². The molecule has 0 fully saturated rings. The van der Waals surface area contributed by atoms with E-state index in [-0.39, 0.29) is 23.1 Å². The summed E-state index contributed by atoms with van der Waals surface area (Å²) in [4.78, 5) is 25.8. The smallest absolute Gasteiger partial charge is 0.277 e. The quantitative estimate of drug-likeness (QED) is 0.366. The van der Waals surface area contributed by atoms with Crippen LogP contribution in [0.1, 0.15) is 22.6 Å². The third-order valence-corrected chi connectivity index (χ3v) is 5.45. The molecule has 34 heavy (non-hydrogen) atoms. The van der Waals surface area contributed by atoms with Gasteiger partial charge in [-0.05, 0) is 43.7 Å². The third-order valence-electron chi connectivity index (χ3n) is 5.11. The van der Waals surface area contributed by atoms with E-state index in [9.17, 15) is 13.6 Å². The lowest BCUT2D eigenvalue weighted by Crippen LogP contribution is -2.23. The molecule has 0 saturated heterocycles. The van der Waals surface area contributed by atoms with Gasteiger partial charge in [-0.25, -0.2) is 13.8 Å². The van der Waals surface area contributed by atoms with Gasteiger partial charge in [0.1, 0.15) is 28.9 Å². The van der Waals surface area contributed by atoms with Crippen LogP contribution in [-0.4, -0.2) is 19.5 Å². The molecule has 0 aliphatic carbocycles. The summed E-state index contributed by atoms with van der Waals surface area (Å²) in [5.74, 6) is -1.58. The van der Waals surface area contributed by atoms with Gasteiger partial charge in [0.2, 0.25) is 0 Å². The molecule has 4 rings (SSSR count). The Morgan fingerprint density at radius 2 is 1.91 bits per heavy atom. The molecule has 0 saturated carbocycles. The fourth-order valence-corrected chi connectivity index (χ4v) is 3.58. The number of nitrogens with zero attached hydrogens (tertiary/aromatic N) is 4. The fraction of sp³-hybridized carbons (Fsp3) is 0.120. The number of ether oxygens (including phenoxy) is 1. The van der Waals surface area contributed by atoms with E-state index in [1.54, 1.807) is 31.3 Å². The van der Waals surface area contributed by atoms with Crippen molar-refractivity contribution in [2.45, 2.75) is 20.5 Å². The van der Waals surface area contributed by atoms with Crippen LogP contribution in [0.2, 0.25) is 5.02 Å². The molecule has 0 N–H and O–H groups in total. The molecule has 172 valence electrons. The lowest BCUT2D eigenvalue weighted by Gasteiger charge is -2.16. The Balaban J connectivity index is 1.72. The average molecular weight is 481 g/mol. The summed E-state index contributed by atoms with van der Waals surface area (Å²) in [6, 6.07) is 9.53. The molecule has 6 nitrogen and oxygen atoms in total. The maximum absolute atomic E-state index is 13.9. The van der Waals surface area contributed by atoms with Crippen molar-refractivity contribution in [3.05, 3.63) is 105 Å². The van der Waals surface area contributed by atoms with Gasteiger partial charge in [-0.15, -0.1) is 0 Å². The van der Waals surface area contributed by atoms with Gasteiger partial charge in [0.25, 0.3) is 5.56 Å². The van der Waals surface area contributed by atoms with Crippen LogP contribution in [0.4, 0.5) is 8.78 Å². The van der Waals surface area contributed by atoms with Crippen LogP contribution in [0.3, 0.4) is 0 Å². The normalized spacial score (nSPS) is 10.9. The third kappa shape index (κ3) is 4.58.